The minimum absolute atomic E-state index is 0.145. The van der Waals surface area contributed by atoms with E-state index >= 15 is 0 Å². The highest BCUT2D eigenvalue weighted by Gasteiger charge is 2.45. The Morgan fingerprint density at radius 2 is 1.50 bits per heavy atom. The number of carbonyl (C=O) groups excluding carboxylic acids is 2. The Balaban J connectivity index is 1.94. The quantitative estimate of drug-likeness (QED) is 0.174. The van der Waals surface area contributed by atoms with E-state index in [2.05, 4.69) is 32.6 Å². The van der Waals surface area contributed by atoms with Crippen molar-refractivity contribution in [1.82, 2.24) is 9.80 Å². The highest BCUT2D eigenvalue weighted by Crippen LogP contribution is 2.40. The molecule has 6 nitrogen and oxygen atoms in total. The van der Waals surface area contributed by atoms with Gasteiger partial charge in [0.25, 0.3) is 11.7 Å². The minimum Gasteiger partial charge on any atom is -0.507 e. The molecule has 0 saturated carbocycles. The summed E-state index contributed by atoms with van der Waals surface area (Å²) in [4.78, 5) is 30.8. The molecule has 206 valence electrons. The number of amides is 1. The van der Waals surface area contributed by atoms with E-state index < -0.39 is 17.7 Å². The minimum atomic E-state index is -0.634. The van der Waals surface area contributed by atoms with E-state index in [0.29, 0.717) is 23.8 Å². The number of carbonyl (C=O) groups is 2. The molecule has 0 spiro atoms. The number of hydrogen-bond donors (Lipinski definition) is 1. The monoisotopic (exact) mass is 520 g/mol. The van der Waals surface area contributed by atoms with Crippen LogP contribution in [0.25, 0.3) is 5.76 Å². The maximum atomic E-state index is 13.3. The lowest BCUT2D eigenvalue weighted by molar-refractivity contribution is -0.140. The number of unbranched alkanes of at least 4 members (excludes halogenated alkanes) is 2. The smallest absolute Gasteiger partial charge is 0.295 e. The average Bonchev–Trinajstić information content (AvgIpc) is 3.18. The number of nitrogens with zero attached hydrogens (tertiary/aromatic N) is 2. The summed E-state index contributed by atoms with van der Waals surface area (Å²) in [5.74, 6) is -0.318. The van der Waals surface area contributed by atoms with Crippen molar-refractivity contribution >= 4 is 17.4 Å². The van der Waals surface area contributed by atoms with Crippen LogP contribution in [0.1, 0.15) is 88.4 Å². The van der Waals surface area contributed by atoms with Crippen LogP contribution in [0.15, 0.2) is 54.1 Å². The van der Waals surface area contributed by atoms with E-state index in [1.807, 2.05) is 24.3 Å². The molecule has 1 fully saturated rings. The van der Waals surface area contributed by atoms with Gasteiger partial charge in [0.1, 0.15) is 11.5 Å². The fourth-order valence-corrected chi connectivity index (χ4v) is 4.99. The molecule has 1 heterocycles. The molecule has 1 saturated heterocycles. The molecule has 2 aromatic rings. The van der Waals surface area contributed by atoms with Gasteiger partial charge in [-0.1, -0.05) is 64.8 Å². The van der Waals surface area contributed by atoms with Crippen LogP contribution in [-0.4, -0.2) is 59.9 Å². The Bertz CT molecular complexity index is 1080. The average molecular weight is 521 g/mol. The molecule has 1 aliphatic heterocycles. The Hall–Kier alpha value is -3.12. The first-order chi connectivity index (χ1) is 18.3. The molecule has 3 rings (SSSR count). The van der Waals surface area contributed by atoms with Crippen molar-refractivity contribution in [3.8, 4) is 5.75 Å². The summed E-state index contributed by atoms with van der Waals surface area (Å²) >= 11 is 0. The van der Waals surface area contributed by atoms with Crippen LogP contribution in [-0.2, 0) is 9.59 Å². The van der Waals surface area contributed by atoms with Crippen molar-refractivity contribution in [3.63, 3.8) is 0 Å². The van der Waals surface area contributed by atoms with Gasteiger partial charge in [-0.05, 0) is 80.2 Å². The number of aliphatic hydroxyl groups excluding tert-OH is 1. The first-order valence-corrected chi connectivity index (χ1v) is 14.1. The number of aliphatic hydroxyl groups is 1. The van der Waals surface area contributed by atoms with E-state index in [9.17, 15) is 14.7 Å². The van der Waals surface area contributed by atoms with E-state index in [0.717, 1.165) is 57.3 Å². The lowest BCUT2D eigenvalue weighted by atomic mass is 9.93. The van der Waals surface area contributed by atoms with Crippen LogP contribution < -0.4 is 4.74 Å². The normalized spacial score (nSPS) is 17.1. The fourth-order valence-electron chi connectivity index (χ4n) is 4.99. The van der Waals surface area contributed by atoms with E-state index in [1.54, 1.807) is 36.3 Å². The van der Waals surface area contributed by atoms with Crippen LogP contribution in [0, 0.1) is 0 Å². The van der Waals surface area contributed by atoms with Crippen molar-refractivity contribution in [1.29, 1.82) is 0 Å². The third-order valence-electron chi connectivity index (χ3n) is 7.35. The Kier molecular flexibility index (Phi) is 11.0. The SMILES string of the molecule is CCCCN(CCCC)CCCN1C(=O)C(=O)/C(=C(/O)c2ccc(OC)cc2)C1c1ccc(C(C)C)cc1. The molecule has 1 N–H and O–H groups in total. The highest BCUT2D eigenvalue weighted by molar-refractivity contribution is 6.46. The largest absolute Gasteiger partial charge is 0.507 e. The number of methoxy groups -OCH3 is 1. The van der Waals surface area contributed by atoms with Crippen molar-refractivity contribution in [3.05, 3.63) is 70.8 Å². The lowest BCUT2D eigenvalue weighted by Gasteiger charge is -2.27. The van der Waals surface area contributed by atoms with Gasteiger partial charge in [0.05, 0.1) is 18.7 Å². The molecule has 0 bridgehead atoms. The third kappa shape index (κ3) is 7.04. The van der Waals surface area contributed by atoms with Crippen LogP contribution in [0.5, 0.6) is 5.75 Å². The van der Waals surface area contributed by atoms with Gasteiger partial charge in [-0.2, -0.15) is 0 Å². The van der Waals surface area contributed by atoms with Crippen LogP contribution >= 0.6 is 0 Å². The molecule has 38 heavy (non-hydrogen) atoms. The molecule has 1 amide bonds. The van der Waals surface area contributed by atoms with Gasteiger partial charge in [-0.3, -0.25) is 9.59 Å². The fraction of sp³-hybridized carbons (Fsp3) is 0.500. The molecule has 1 unspecified atom stereocenters. The zero-order chi connectivity index (χ0) is 27.7. The molecule has 1 aliphatic rings. The molecule has 2 aromatic carbocycles. The highest BCUT2D eigenvalue weighted by atomic mass is 16.5. The van der Waals surface area contributed by atoms with Crippen molar-refractivity contribution in [2.45, 2.75) is 71.8 Å². The number of Topliss-reactive ketones (excluding diaryl/α,β-unsaturated/α-hetero) is 1. The molecule has 0 radical (unpaired) electrons. The van der Waals surface area contributed by atoms with Crippen molar-refractivity contribution in [2.24, 2.45) is 0 Å². The number of likely N-dealkylation sites (tertiary alicyclic amines) is 1. The first kappa shape index (κ1) is 29.4. The predicted octanol–water partition coefficient (Wildman–Crippen LogP) is 6.53. The van der Waals surface area contributed by atoms with Gasteiger partial charge in [0.2, 0.25) is 0 Å². The summed E-state index contributed by atoms with van der Waals surface area (Å²) in [7, 11) is 1.58. The van der Waals surface area contributed by atoms with E-state index in [4.69, 9.17) is 4.74 Å². The molecule has 0 aliphatic carbocycles. The number of ketones is 1. The molecule has 6 heteroatoms. The molecule has 0 aromatic heterocycles. The third-order valence-corrected chi connectivity index (χ3v) is 7.35. The summed E-state index contributed by atoms with van der Waals surface area (Å²) in [5.41, 5.74) is 2.64. The van der Waals surface area contributed by atoms with Gasteiger partial charge >= 0.3 is 0 Å². The van der Waals surface area contributed by atoms with Crippen LogP contribution in [0.4, 0.5) is 0 Å². The van der Waals surface area contributed by atoms with Gasteiger partial charge in [0, 0.05) is 12.1 Å². The maximum absolute atomic E-state index is 13.3. The Labute approximate surface area is 228 Å². The summed E-state index contributed by atoms with van der Waals surface area (Å²) in [6, 6.07) is 14.3. The van der Waals surface area contributed by atoms with E-state index in [1.165, 1.54) is 5.56 Å². The predicted molar refractivity (Wildman–Crippen MR) is 153 cm³/mol. The van der Waals surface area contributed by atoms with Gasteiger partial charge < -0.3 is 19.6 Å². The summed E-state index contributed by atoms with van der Waals surface area (Å²) < 4.78 is 5.23. The molecular weight excluding hydrogens is 476 g/mol. The summed E-state index contributed by atoms with van der Waals surface area (Å²) in [6.07, 6.45) is 5.37. The summed E-state index contributed by atoms with van der Waals surface area (Å²) in [5, 5.41) is 11.3. The number of hydrogen-bond acceptors (Lipinski definition) is 5. The second kappa shape index (κ2) is 14.1. The summed E-state index contributed by atoms with van der Waals surface area (Å²) in [6.45, 7) is 12.1. The Morgan fingerprint density at radius 3 is 2.03 bits per heavy atom. The number of ether oxygens (including phenoxy) is 1. The zero-order valence-electron chi connectivity index (χ0n) is 23.7. The number of rotatable bonds is 14. The van der Waals surface area contributed by atoms with Crippen LogP contribution in [0.3, 0.4) is 0 Å². The lowest BCUT2D eigenvalue weighted by Crippen LogP contribution is -2.34. The topological polar surface area (TPSA) is 70.1 Å². The van der Waals surface area contributed by atoms with Crippen molar-refractivity contribution < 1.29 is 19.4 Å². The van der Waals surface area contributed by atoms with Gasteiger partial charge in [-0.15, -0.1) is 0 Å². The zero-order valence-corrected chi connectivity index (χ0v) is 23.7. The standard InChI is InChI=1S/C32H44N2O4/c1-6-8-19-33(20-9-7-2)21-10-22-34-29(25-13-11-24(12-14-25)23(3)4)28(31(36)32(34)37)30(35)26-15-17-27(38-5)18-16-26/h11-18,23,29,35H,6-10,19-22H2,1-5H3/b30-28+. The second-order valence-corrected chi connectivity index (χ2v) is 10.4. The molecule has 1 atom stereocenters. The maximum Gasteiger partial charge on any atom is 0.295 e. The van der Waals surface area contributed by atoms with Crippen LogP contribution in [0.2, 0.25) is 0 Å². The molecular formula is C32H44N2O4. The first-order valence-electron chi connectivity index (χ1n) is 14.1. The second-order valence-electron chi connectivity index (χ2n) is 10.4. The van der Waals surface area contributed by atoms with Gasteiger partial charge in [-0.25, -0.2) is 0 Å². The van der Waals surface area contributed by atoms with E-state index in [-0.39, 0.29) is 11.3 Å². The number of benzene rings is 2. The van der Waals surface area contributed by atoms with Crippen molar-refractivity contribution in [2.75, 3.05) is 33.3 Å². The Morgan fingerprint density at radius 1 is 0.921 bits per heavy atom. The van der Waals surface area contributed by atoms with Gasteiger partial charge in [0.15, 0.2) is 0 Å².